The Morgan fingerprint density at radius 1 is 1.29 bits per heavy atom. The van der Waals surface area contributed by atoms with Gasteiger partial charge in [-0.05, 0) is 23.7 Å². The first-order chi connectivity index (χ1) is 10.0. The molecule has 0 aliphatic heterocycles. The molecular weight excluding hydrogens is 319 g/mol. The lowest BCUT2D eigenvalue weighted by molar-refractivity contribution is 0.0696. The van der Waals surface area contributed by atoms with Crippen molar-refractivity contribution in [2.24, 2.45) is 0 Å². The number of carbonyl (C=O) groups is 1. The fourth-order valence-electron chi connectivity index (χ4n) is 1.57. The second kappa shape index (κ2) is 6.60. The number of nitrogens with zero attached hydrogens (tertiary/aromatic N) is 2. The SMILES string of the molecule is COc1cc(C(=O)O)cc(COc2cnc(Cl)nc2)c1Cl. The number of benzene rings is 1. The van der Waals surface area contributed by atoms with Crippen molar-refractivity contribution in [2.45, 2.75) is 6.61 Å². The zero-order valence-electron chi connectivity index (χ0n) is 10.8. The van der Waals surface area contributed by atoms with Gasteiger partial charge in [0.25, 0.3) is 0 Å². The minimum atomic E-state index is -1.08. The van der Waals surface area contributed by atoms with E-state index in [9.17, 15) is 4.79 Å². The van der Waals surface area contributed by atoms with E-state index in [1.807, 2.05) is 0 Å². The highest BCUT2D eigenvalue weighted by molar-refractivity contribution is 6.33. The van der Waals surface area contributed by atoms with Crippen molar-refractivity contribution in [3.8, 4) is 11.5 Å². The van der Waals surface area contributed by atoms with Crippen LogP contribution in [0.25, 0.3) is 0 Å². The summed E-state index contributed by atoms with van der Waals surface area (Å²) < 4.78 is 10.5. The monoisotopic (exact) mass is 328 g/mol. The molecule has 1 heterocycles. The molecule has 0 atom stereocenters. The smallest absolute Gasteiger partial charge is 0.335 e. The zero-order valence-corrected chi connectivity index (χ0v) is 12.4. The molecule has 0 spiro atoms. The number of halogens is 2. The largest absolute Gasteiger partial charge is 0.495 e. The van der Waals surface area contributed by atoms with Crippen molar-refractivity contribution >= 4 is 29.2 Å². The highest BCUT2D eigenvalue weighted by Gasteiger charge is 2.14. The highest BCUT2D eigenvalue weighted by Crippen LogP contribution is 2.30. The summed E-state index contributed by atoms with van der Waals surface area (Å²) in [5.74, 6) is -0.432. The second-order valence-corrected chi connectivity index (χ2v) is 4.65. The Hall–Kier alpha value is -2.05. The summed E-state index contributed by atoms with van der Waals surface area (Å²) in [6, 6.07) is 2.77. The van der Waals surface area contributed by atoms with Gasteiger partial charge in [-0.3, -0.25) is 0 Å². The van der Waals surface area contributed by atoms with E-state index in [1.54, 1.807) is 0 Å². The van der Waals surface area contributed by atoms with Gasteiger partial charge in [-0.15, -0.1) is 0 Å². The van der Waals surface area contributed by atoms with Crippen LogP contribution in [-0.4, -0.2) is 28.2 Å². The number of carboxylic acids is 1. The molecule has 1 aromatic heterocycles. The molecule has 0 saturated heterocycles. The maximum absolute atomic E-state index is 11.1. The average molecular weight is 329 g/mol. The van der Waals surface area contributed by atoms with Crippen LogP contribution >= 0.6 is 23.2 Å². The normalized spacial score (nSPS) is 10.2. The molecule has 0 saturated carbocycles. The summed E-state index contributed by atoms with van der Waals surface area (Å²) in [5, 5.41) is 9.46. The molecule has 2 rings (SSSR count). The van der Waals surface area contributed by atoms with Gasteiger partial charge in [0.15, 0.2) is 5.75 Å². The molecule has 0 aliphatic carbocycles. The molecule has 21 heavy (non-hydrogen) atoms. The van der Waals surface area contributed by atoms with Crippen LogP contribution in [0.4, 0.5) is 0 Å². The van der Waals surface area contributed by atoms with Crippen molar-refractivity contribution in [1.82, 2.24) is 9.97 Å². The molecule has 2 aromatic rings. The minimum absolute atomic E-state index is 0.0430. The van der Waals surface area contributed by atoms with Crippen LogP contribution in [0.5, 0.6) is 11.5 Å². The average Bonchev–Trinajstić information content (AvgIpc) is 2.47. The topological polar surface area (TPSA) is 81.5 Å². The summed E-state index contributed by atoms with van der Waals surface area (Å²) >= 11 is 11.7. The minimum Gasteiger partial charge on any atom is -0.495 e. The number of aromatic carboxylic acids is 1. The van der Waals surface area contributed by atoms with Crippen LogP contribution in [0.1, 0.15) is 15.9 Å². The number of hydrogen-bond donors (Lipinski definition) is 1. The molecule has 1 aromatic carbocycles. The highest BCUT2D eigenvalue weighted by atomic mass is 35.5. The van der Waals surface area contributed by atoms with E-state index in [1.165, 1.54) is 31.6 Å². The van der Waals surface area contributed by atoms with E-state index >= 15 is 0 Å². The fraction of sp³-hybridized carbons (Fsp3) is 0.154. The molecule has 8 heteroatoms. The Bertz CT molecular complexity index is 662. The van der Waals surface area contributed by atoms with Crippen molar-refractivity contribution in [3.63, 3.8) is 0 Å². The van der Waals surface area contributed by atoms with Crippen LogP contribution < -0.4 is 9.47 Å². The number of carboxylic acid groups (broad SMARTS) is 1. The number of ether oxygens (including phenoxy) is 2. The molecular formula is C13H10Cl2N2O4. The Morgan fingerprint density at radius 2 is 1.95 bits per heavy atom. The van der Waals surface area contributed by atoms with Crippen LogP contribution in [-0.2, 0) is 6.61 Å². The Labute approximate surface area is 130 Å². The predicted octanol–water partition coefficient (Wildman–Crippen LogP) is 3.07. The Balaban J connectivity index is 2.24. The van der Waals surface area contributed by atoms with E-state index < -0.39 is 5.97 Å². The van der Waals surface area contributed by atoms with Crippen LogP contribution in [0, 0.1) is 0 Å². The summed E-state index contributed by atoms with van der Waals surface area (Å²) in [6.07, 6.45) is 2.81. The molecule has 0 unspecified atom stereocenters. The fourth-order valence-corrected chi connectivity index (χ4v) is 1.91. The van der Waals surface area contributed by atoms with E-state index in [2.05, 4.69) is 9.97 Å². The standard InChI is InChI=1S/C13H10Cl2N2O4/c1-20-10-3-7(12(18)19)2-8(11(10)14)6-21-9-4-16-13(15)17-5-9/h2-5H,6H2,1H3,(H,18,19). The molecule has 0 aliphatic rings. The molecule has 6 nitrogen and oxygen atoms in total. The van der Waals surface area contributed by atoms with Crippen molar-refractivity contribution in [3.05, 3.63) is 46.0 Å². The summed E-state index contributed by atoms with van der Waals surface area (Å²) in [6.45, 7) is 0.0430. The van der Waals surface area contributed by atoms with Crippen LogP contribution in [0.15, 0.2) is 24.5 Å². The molecule has 110 valence electrons. The lowest BCUT2D eigenvalue weighted by Gasteiger charge is -2.11. The molecule has 0 amide bonds. The third-order valence-electron chi connectivity index (χ3n) is 2.57. The molecule has 1 N–H and O–H groups in total. The zero-order chi connectivity index (χ0) is 15.4. The van der Waals surface area contributed by atoms with Crippen molar-refractivity contribution in [1.29, 1.82) is 0 Å². The van der Waals surface area contributed by atoms with Gasteiger partial charge in [-0.2, -0.15) is 0 Å². The van der Waals surface area contributed by atoms with E-state index in [4.69, 9.17) is 37.8 Å². The van der Waals surface area contributed by atoms with Crippen LogP contribution in [0.3, 0.4) is 0 Å². The molecule has 0 fully saturated rings. The summed E-state index contributed by atoms with van der Waals surface area (Å²) in [4.78, 5) is 18.6. The Kier molecular flexibility index (Phi) is 4.82. The first kappa shape index (κ1) is 15.3. The molecule has 0 radical (unpaired) electrons. The van der Waals surface area contributed by atoms with Gasteiger partial charge in [0.05, 0.1) is 30.1 Å². The summed E-state index contributed by atoms with van der Waals surface area (Å²) in [5.41, 5.74) is 0.533. The van der Waals surface area contributed by atoms with Crippen LogP contribution in [0.2, 0.25) is 10.3 Å². The second-order valence-electron chi connectivity index (χ2n) is 3.93. The maximum atomic E-state index is 11.1. The number of aromatic nitrogens is 2. The van der Waals surface area contributed by atoms with Crippen molar-refractivity contribution < 1.29 is 19.4 Å². The van der Waals surface area contributed by atoms with Gasteiger partial charge in [0.2, 0.25) is 5.28 Å². The third kappa shape index (κ3) is 3.74. The summed E-state index contributed by atoms with van der Waals surface area (Å²) in [7, 11) is 1.41. The number of hydrogen-bond acceptors (Lipinski definition) is 5. The van der Waals surface area contributed by atoms with Gasteiger partial charge in [-0.1, -0.05) is 11.6 Å². The van der Waals surface area contributed by atoms with E-state index in [0.29, 0.717) is 11.3 Å². The lowest BCUT2D eigenvalue weighted by Crippen LogP contribution is -2.03. The molecule has 0 bridgehead atoms. The van der Waals surface area contributed by atoms with Gasteiger partial charge >= 0.3 is 5.97 Å². The van der Waals surface area contributed by atoms with Gasteiger partial charge in [-0.25, -0.2) is 14.8 Å². The predicted molar refractivity (Wildman–Crippen MR) is 76.3 cm³/mol. The van der Waals surface area contributed by atoms with Gasteiger partial charge < -0.3 is 14.6 Å². The first-order valence-electron chi connectivity index (χ1n) is 5.71. The van der Waals surface area contributed by atoms with Gasteiger partial charge in [0.1, 0.15) is 12.4 Å². The first-order valence-corrected chi connectivity index (χ1v) is 6.47. The van der Waals surface area contributed by atoms with Gasteiger partial charge in [0, 0.05) is 5.56 Å². The maximum Gasteiger partial charge on any atom is 0.335 e. The third-order valence-corrected chi connectivity index (χ3v) is 3.20. The Morgan fingerprint density at radius 3 is 2.52 bits per heavy atom. The van der Waals surface area contributed by atoms with E-state index in [-0.39, 0.29) is 28.2 Å². The quantitative estimate of drug-likeness (QED) is 0.849. The van der Waals surface area contributed by atoms with Crippen molar-refractivity contribution in [2.75, 3.05) is 7.11 Å². The lowest BCUT2D eigenvalue weighted by atomic mass is 10.1. The number of methoxy groups -OCH3 is 1. The van der Waals surface area contributed by atoms with E-state index in [0.717, 1.165) is 0 Å². The number of rotatable bonds is 5.